The number of pyridine rings is 1. The van der Waals surface area contributed by atoms with Gasteiger partial charge in [0.05, 0.1) is 11.0 Å². The maximum atomic E-state index is 10.9. The third-order valence-corrected chi connectivity index (χ3v) is 2.83. The summed E-state index contributed by atoms with van der Waals surface area (Å²) in [6.07, 6.45) is -1.41. The van der Waals surface area contributed by atoms with Crippen molar-refractivity contribution in [2.75, 3.05) is 12.3 Å². The first-order valence-electron chi connectivity index (χ1n) is 5.66. The number of anilines is 1. The molecule has 0 saturated heterocycles. The Morgan fingerprint density at radius 1 is 1.65 bits per heavy atom. The Morgan fingerprint density at radius 3 is 2.85 bits per heavy atom. The number of nitrogens with two attached hydrogens (primary N) is 1. The van der Waals surface area contributed by atoms with Crippen molar-refractivity contribution in [3.63, 3.8) is 0 Å². The molecule has 0 spiro atoms. The van der Waals surface area contributed by atoms with Crippen LogP contribution in [-0.4, -0.2) is 32.8 Å². The van der Waals surface area contributed by atoms with Gasteiger partial charge in [-0.2, -0.15) is 0 Å². The zero-order chi connectivity index (χ0) is 15.3. The standard InChI is InChI=1S/C10H14N6O4/c1-5-6(4-13-10(11)8(5)16(19)20)9(18)7(17)2-3-14-15-12/h4,7,9,17-18H,2-3H2,1H3,(H2,11,13). The molecule has 0 radical (unpaired) electrons. The van der Waals surface area contributed by atoms with Crippen molar-refractivity contribution in [1.82, 2.24) is 4.98 Å². The summed E-state index contributed by atoms with van der Waals surface area (Å²) in [5.41, 5.74) is 13.4. The minimum Gasteiger partial charge on any atom is -0.390 e. The second-order valence-electron chi connectivity index (χ2n) is 4.08. The van der Waals surface area contributed by atoms with E-state index in [1.54, 1.807) is 0 Å². The zero-order valence-electron chi connectivity index (χ0n) is 10.7. The van der Waals surface area contributed by atoms with Crippen LogP contribution < -0.4 is 5.73 Å². The van der Waals surface area contributed by atoms with Gasteiger partial charge < -0.3 is 15.9 Å². The number of rotatable bonds is 6. The van der Waals surface area contributed by atoms with Gasteiger partial charge >= 0.3 is 5.69 Å². The maximum absolute atomic E-state index is 10.9. The van der Waals surface area contributed by atoms with E-state index in [9.17, 15) is 20.3 Å². The zero-order valence-corrected chi connectivity index (χ0v) is 10.7. The molecule has 0 amide bonds. The average molecular weight is 282 g/mol. The third kappa shape index (κ3) is 3.32. The van der Waals surface area contributed by atoms with E-state index >= 15 is 0 Å². The van der Waals surface area contributed by atoms with Gasteiger partial charge in [-0.3, -0.25) is 10.1 Å². The van der Waals surface area contributed by atoms with Gasteiger partial charge in [0, 0.05) is 28.8 Å². The minimum absolute atomic E-state index is 0.00172. The van der Waals surface area contributed by atoms with Crippen molar-refractivity contribution in [2.24, 2.45) is 5.11 Å². The lowest BCUT2D eigenvalue weighted by Crippen LogP contribution is -2.21. The molecule has 10 heteroatoms. The van der Waals surface area contributed by atoms with Crippen LogP contribution in [0.15, 0.2) is 11.3 Å². The maximum Gasteiger partial charge on any atom is 0.314 e. The predicted octanol–water partition coefficient (Wildman–Crippen LogP) is 0.975. The van der Waals surface area contributed by atoms with Crippen LogP contribution in [-0.2, 0) is 0 Å². The topological polar surface area (TPSA) is 171 Å². The number of nitrogens with zero attached hydrogens (tertiary/aromatic N) is 5. The Morgan fingerprint density at radius 2 is 2.30 bits per heavy atom. The average Bonchev–Trinajstić information content (AvgIpc) is 2.38. The first-order valence-corrected chi connectivity index (χ1v) is 5.66. The number of hydrogen-bond donors (Lipinski definition) is 3. The van der Waals surface area contributed by atoms with E-state index < -0.39 is 22.8 Å². The highest BCUT2D eigenvalue weighted by Gasteiger charge is 2.26. The van der Waals surface area contributed by atoms with Gasteiger partial charge in [-0.1, -0.05) is 5.11 Å². The summed E-state index contributed by atoms with van der Waals surface area (Å²) in [6, 6.07) is 0. The molecular weight excluding hydrogens is 268 g/mol. The van der Waals surface area contributed by atoms with Crippen molar-refractivity contribution >= 4 is 11.5 Å². The number of aliphatic hydroxyl groups is 2. The smallest absolute Gasteiger partial charge is 0.314 e. The van der Waals surface area contributed by atoms with Crippen molar-refractivity contribution in [3.05, 3.63) is 37.9 Å². The van der Waals surface area contributed by atoms with E-state index in [1.807, 2.05) is 0 Å². The van der Waals surface area contributed by atoms with Gasteiger partial charge in [-0.05, 0) is 18.9 Å². The molecule has 0 aliphatic heterocycles. The van der Waals surface area contributed by atoms with Crippen LogP contribution in [0.3, 0.4) is 0 Å². The van der Waals surface area contributed by atoms with E-state index in [0.29, 0.717) is 0 Å². The normalized spacial score (nSPS) is 13.3. The fourth-order valence-electron chi connectivity index (χ4n) is 1.75. The highest BCUT2D eigenvalue weighted by molar-refractivity contribution is 5.59. The lowest BCUT2D eigenvalue weighted by atomic mass is 9.98. The summed E-state index contributed by atoms with van der Waals surface area (Å²) in [5, 5.41) is 33.9. The lowest BCUT2D eigenvalue weighted by molar-refractivity contribution is -0.384. The molecular formula is C10H14N6O4. The highest BCUT2D eigenvalue weighted by Crippen LogP contribution is 2.31. The molecule has 1 rings (SSSR count). The van der Waals surface area contributed by atoms with Gasteiger partial charge in [-0.15, -0.1) is 0 Å². The summed E-state index contributed by atoms with van der Waals surface area (Å²) < 4.78 is 0. The van der Waals surface area contributed by atoms with Gasteiger partial charge in [0.1, 0.15) is 6.10 Å². The number of nitro groups is 1. The second kappa shape index (κ2) is 6.66. The number of aliphatic hydroxyl groups excluding tert-OH is 2. The van der Waals surface area contributed by atoms with Crippen molar-refractivity contribution < 1.29 is 15.1 Å². The van der Waals surface area contributed by atoms with Gasteiger partial charge in [-0.25, -0.2) is 4.98 Å². The SMILES string of the molecule is Cc1c(C(O)C(O)CCN=[N+]=[N-])cnc(N)c1[N+](=O)[O-]. The van der Waals surface area contributed by atoms with Crippen LogP contribution in [0.5, 0.6) is 0 Å². The lowest BCUT2D eigenvalue weighted by Gasteiger charge is -2.19. The number of nitrogen functional groups attached to an aromatic ring is 1. The van der Waals surface area contributed by atoms with Crippen LogP contribution in [0.4, 0.5) is 11.5 Å². The predicted molar refractivity (Wildman–Crippen MR) is 69.6 cm³/mol. The summed E-state index contributed by atoms with van der Waals surface area (Å²) in [6.45, 7) is 1.41. The molecule has 0 aromatic carbocycles. The van der Waals surface area contributed by atoms with Crippen molar-refractivity contribution in [1.29, 1.82) is 0 Å². The fourth-order valence-corrected chi connectivity index (χ4v) is 1.75. The molecule has 10 nitrogen and oxygen atoms in total. The molecule has 1 heterocycles. The van der Waals surface area contributed by atoms with Crippen LogP contribution in [0.25, 0.3) is 10.4 Å². The molecule has 0 fully saturated rings. The third-order valence-electron chi connectivity index (χ3n) is 2.83. The molecule has 1 aromatic rings. The molecule has 2 unspecified atom stereocenters. The molecule has 0 bridgehead atoms. The van der Waals surface area contributed by atoms with Gasteiger partial charge in [0.25, 0.3) is 0 Å². The molecule has 1 aromatic heterocycles. The Hall–Kier alpha value is -2.42. The van der Waals surface area contributed by atoms with Crippen LogP contribution in [0.1, 0.15) is 23.7 Å². The molecule has 2 atom stereocenters. The largest absolute Gasteiger partial charge is 0.390 e. The van der Waals surface area contributed by atoms with E-state index in [-0.39, 0.29) is 29.9 Å². The molecule has 0 saturated carbocycles. The first kappa shape index (κ1) is 15.6. The number of aromatic nitrogens is 1. The van der Waals surface area contributed by atoms with Crippen LogP contribution in [0.2, 0.25) is 0 Å². The molecule has 0 aliphatic rings. The fraction of sp³-hybridized carbons (Fsp3) is 0.500. The summed E-state index contributed by atoms with van der Waals surface area (Å²) in [4.78, 5) is 16.4. The quantitative estimate of drug-likeness (QED) is 0.230. The van der Waals surface area contributed by atoms with Crippen molar-refractivity contribution in [3.8, 4) is 0 Å². The Labute approximate surface area is 113 Å². The Balaban J connectivity index is 3.04. The van der Waals surface area contributed by atoms with E-state index in [0.717, 1.165) is 0 Å². The number of hydrogen-bond acceptors (Lipinski definition) is 7. The molecule has 20 heavy (non-hydrogen) atoms. The highest BCUT2D eigenvalue weighted by atomic mass is 16.6. The molecule has 0 aliphatic carbocycles. The summed E-state index contributed by atoms with van der Waals surface area (Å²) in [7, 11) is 0. The van der Waals surface area contributed by atoms with Gasteiger partial charge in [0.15, 0.2) is 0 Å². The second-order valence-corrected chi connectivity index (χ2v) is 4.08. The molecule has 4 N–H and O–H groups in total. The summed E-state index contributed by atoms with van der Waals surface area (Å²) >= 11 is 0. The minimum atomic E-state index is -1.38. The van der Waals surface area contributed by atoms with Gasteiger partial charge in [0.2, 0.25) is 5.82 Å². The van der Waals surface area contributed by atoms with E-state index in [2.05, 4.69) is 15.0 Å². The Bertz CT molecular complexity index is 557. The first-order chi connectivity index (χ1) is 9.40. The Kier molecular flexibility index (Phi) is 5.21. The van der Waals surface area contributed by atoms with E-state index in [1.165, 1.54) is 13.1 Å². The van der Waals surface area contributed by atoms with Crippen LogP contribution in [0, 0.1) is 17.0 Å². The molecule has 108 valence electrons. The van der Waals surface area contributed by atoms with E-state index in [4.69, 9.17) is 11.3 Å². The van der Waals surface area contributed by atoms with Crippen LogP contribution >= 0.6 is 0 Å². The summed E-state index contributed by atoms with van der Waals surface area (Å²) in [5.74, 6) is -0.257. The number of azide groups is 1. The monoisotopic (exact) mass is 282 g/mol. The van der Waals surface area contributed by atoms with Crippen molar-refractivity contribution in [2.45, 2.75) is 25.6 Å².